The minimum absolute atomic E-state index is 0.126. The van der Waals surface area contributed by atoms with Gasteiger partial charge in [-0.15, -0.1) is 0 Å². The van der Waals surface area contributed by atoms with Crippen LogP contribution >= 0.6 is 0 Å². The quantitative estimate of drug-likeness (QED) is 0.745. The maximum Gasteiger partial charge on any atom is 0.315 e. The van der Waals surface area contributed by atoms with Gasteiger partial charge in [0.1, 0.15) is 5.75 Å². The van der Waals surface area contributed by atoms with E-state index in [-0.39, 0.29) is 6.03 Å². The molecule has 2 N–H and O–H groups in total. The smallest absolute Gasteiger partial charge is 0.315 e. The third kappa shape index (κ3) is 4.74. The first-order chi connectivity index (χ1) is 14.2. The molecule has 0 unspecified atom stereocenters. The van der Waals surface area contributed by atoms with Crippen molar-refractivity contribution in [3.05, 3.63) is 46.8 Å². The van der Waals surface area contributed by atoms with Crippen molar-refractivity contribution in [1.82, 2.24) is 20.4 Å². The number of ether oxygens (including phenoxy) is 1. The van der Waals surface area contributed by atoms with E-state index in [1.54, 1.807) is 7.11 Å². The summed E-state index contributed by atoms with van der Waals surface area (Å²) in [5.41, 5.74) is 5.06. The molecule has 6 nitrogen and oxygen atoms in total. The van der Waals surface area contributed by atoms with E-state index in [9.17, 15) is 4.79 Å². The van der Waals surface area contributed by atoms with Crippen molar-refractivity contribution in [2.75, 3.05) is 13.7 Å². The summed E-state index contributed by atoms with van der Waals surface area (Å²) in [6.45, 7) is 1.11. The number of nitrogens with one attached hydrogen (secondary N) is 2. The SMILES string of the molecule is COc1ccc(CCNC(=O)NCc2nn(C3CCCC3)c3c2CCCC3)cc1. The molecule has 2 aliphatic rings. The lowest BCUT2D eigenvalue weighted by molar-refractivity contribution is 0.240. The van der Waals surface area contributed by atoms with Crippen LogP contribution in [-0.2, 0) is 25.8 Å². The number of amides is 2. The molecule has 4 rings (SSSR count). The molecule has 0 aliphatic heterocycles. The second kappa shape index (κ2) is 9.33. The third-order valence-electron chi connectivity index (χ3n) is 6.24. The number of aromatic nitrogens is 2. The first kappa shape index (κ1) is 19.8. The minimum atomic E-state index is -0.126. The molecule has 0 saturated heterocycles. The number of methoxy groups -OCH3 is 1. The molecule has 29 heavy (non-hydrogen) atoms. The van der Waals surface area contributed by atoms with Crippen molar-refractivity contribution >= 4 is 6.03 Å². The van der Waals surface area contributed by atoms with Crippen LogP contribution in [0.25, 0.3) is 0 Å². The molecule has 1 saturated carbocycles. The zero-order valence-corrected chi connectivity index (χ0v) is 17.4. The van der Waals surface area contributed by atoms with Crippen molar-refractivity contribution < 1.29 is 9.53 Å². The van der Waals surface area contributed by atoms with Gasteiger partial charge in [-0.1, -0.05) is 25.0 Å². The summed E-state index contributed by atoms with van der Waals surface area (Å²) in [4.78, 5) is 12.3. The Morgan fingerprint density at radius 2 is 1.86 bits per heavy atom. The normalized spacial score (nSPS) is 16.4. The van der Waals surface area contributed by atoms with Gasteiger partial charge in [0.05, 0.1) is 25.4 Å². The molecule has 1 aromatic carbocycles. The Morgan fingerprint density at radius 1 is 1.10 bits per heavy atom. The van der Waals surface area contributed by atoms with Crippen molar-refractivity contribution in [2.45, 2.75) is 70.4 Å². The zero-order valence-electron chi connectivity index (χ0n) is 17.4. The van der Waals surface area contributed by atoms with Crippen LogP contribution in [0.5, 0.6) is 5.75 Å². The summed E-state index contributed by atoms with van der Waals surface area (Å²) < 4.78 is 7.48. The first-order valence-corrected chi connectivity index (χ1v) is 11.0. The van der Waals surface area contributed by atoms with E-state index < -0.39 is 0 Å². The van der Waals surface area contributed by atoms with Crippen LogP contribution in [0, 0.1) is 0 Å². The maximum atomic E-state index is 12.3. The minimum Gasteiger partial charge on any atom is -0.497 e. The molecule has 0 spiro atoms. The number of carbonyl (C=O) groups excluding carboxylic acids is 1. The maximum absolute atomic E-state index is 12.3. The van der Waals surface area contributed by atoms with Gasteiger partial charge in [-0.2, -0.15) is 5.10 Å². The lowest BCUT2D eigenvalue weighted by atomic mass is 9.95. The predicted octanol–water partition coefficient (Wildman–Crippen LogP) is 3.93. The van der Waals surface area contributed by atoms with Gasteiger partial charge in [0, 0.05) is 12.2 Å². The first-order valence-electron chi connectivity index (χ1n) is 11.0. The Labute approximate surface area is 173 Å². The van der Waals surface area contributed by atoms with Crippen molar-refractivity contribution in [2.24, 2.45) is 0 Å². The van der Waals surface area contributed by atoms with Crippen LogP contribution in [0.15, 0.2) is 24.3 Å². The highest BCUT2D eigenvalue weighted by molar-refractivity contribution is 5.73. The van der Waals surface area contributed by atoms with E-state index in [0.29, 0.717) is 19.1 Å². The van der Waals surface area contributed by atoms with Gasteiger partial charge in [0.25, 0.3) is 0 Å². The van der Waals surface area contributed by atoms with E-state index in [2.05, 4.69) is 15.3 Å². The lowest BCUT2D eigenvalue weighted by Crippen LogP contribution is -2.36. The number of fused-ring (bicyclic) bond motifs is 1. The van der Waals surface area contributed by atoms with Gasteiger partial charge >= 0.3 is 6.03 Å². The van der Waals surface area contributed by atoms with Crippen LogP contribution in [-0.4, -0.2) is 29.5 Å². The number of nitrogens with zero attached hydrogens (tertiary/aromatic N) is 2. The highest BCUT2D eigenvalue weighted by Crippen LogP contribution is 2.34. The van der Waals surface area contributed by atoms with E-state index in [4.69, 9.17) is 9.84 Å². The number of urea groups is 1. The summed E-state index contributed by atoms with van der Waals surface area (Å²) >= 11 is 0. The second-order valence-corrected chi connectivity index (χ2v) is 8.17. The van der Waals surface area contributed by atoms with E-state index in [1.165, 1.54) is 55.3 Å². The predicted molar refractivity (Wildman–Crippen MR) is 113 cm³/mol. The summed E-state index contributed by atoms with van der Waals surface area (Å²) in [6.07, 6.45) is 10.6. The molecule has 2 amide bonds. The molecule has 2 aliphatic carbocycles. The molecular weight excluding hydrogens is 364 g/mol. The van der Waals surface area contributed by atoms with Crippen LogP contribution in [0.2, 0.25) is 0 Å². The van der Waals surface area contributed by atoms with Crippen molar-refractivity contribution in [1.29, 1.82) is 0 Å². The largest absolute Gasteiger partial charge is 0.497 e. The summed E-state index contributed by atoms with van der Waals surface area (Å²) in [5, 5.41) is 10.9. The molecule has 1 fully saturated rings. The number of hydrogen-bond donors (Lipinski definition) is 2. The fraction of sp³-hybridized carbons (Fsp3) is 0.565. The zero-order chi connectivity index (χ0) is 20.1. The molecule has 1 aromatic heterocycles. The van der Waals surface area contributed by atoms with Crippen LogP contribution in [0.1, 0.15) is 67.1 Å². The Morgan fingerprint density at radius 3 is 2.62 bits per heavy atom. The summed E-state index contributed by atoms with van der Waals surface area (Å²) in [7, 11) is 1.66. The van der Waals surface area contributed by atoms with Gasteiger partial charge in [-0.25, -0.2) is 4.79 Å². The van der Waals surface area contributed by atoms with Gasteiger partial charge in [-0.3, -0.25) is 4.68 Å². The summed E-state index contributed by atoms with van der Waals surface area (Å²) in [6, 6.07) is 8.38. The Kier molecular flexibility index (Phi) is 6.37. The number of carbonyl (C=O) groups is 1. The standard InChI is InChI=1S/C23H32N4O2/c1-29-19-12-10-17(11-13-19)14-15-24-23(28)25-16-21-20-8-4-5-9-22(20)27(26-21)18-6-2-3-7-18/h10-13,18H,2-9,14-16H2,1H3,(H2,24,25,28). The third-order valence-corrected chi connectivity index (χ3v) is 6.24. The highest BCUT2D eigenvalue weighted by atomic mass is 16.5. The van der Waals surface area contributed by atoms with Crippen LogP contribution in [0.4, 0.5) is 4.79 Å². The Hall–Kier alpha value is -2.50. The second-order valence-electron chi connectivity index (χ2n) is 8.17. The average Bonchev–Trinajstić information content (AvgIpc) is 3.41. The lowest BCUT2D eigenvalue weighted by Gasteiger charge is -2.18. The topological polar surface area (TPSA) is 68.2 Å². The fourth-order valence-corrected chi connectivity index (χ4v) is 4.64. The molecule has 6 heteroatoms. The van der Waals surface area contributed by atoms with E-state index in [1.807, 2.05) is 24.3 Å². The Bertz CT molecular complexity index is 822. The molecular formula is C23H32N4O2. The fourth-order valence-electron chi connectivity index (χ4n) is 4.64. The van der Waals surface area contributed by atoms with Crippen molar-refractivity contribution in [3.63, 3.8) is 0 Å². The van der Waals surface area contributed by atoms with E-state index >= 15 is 0 Å². The van der Waals surface area contributed by atoms with Gasteiger partial charge in [0.2, 0.25) is 0 Å². The van der Waals surface area contributed by atoms with E-state index in [0.717, 1.165) is 30.7 Å². The molecule has 0 atom stereocenters. The van der Waals surface area contributed by atoms with Crippen LogP contribution in [0.3, 0.4) is 0 Å². The van der Waals surface area contributed by atoms with Gasteiger partial charge in [-0.05, 0) is 68.2 Å². The van der Waals surface area contributed by atoms with Crippen LogP contribution < -0.4 is 15.4 Å². The highest BCUT2D eigenvalue weighted by Gasteiger charge is 2.26. The molecule has 0 bridgehead atoms. The van der Waals surface area contributed by atoms with Crippen molar-refractivity contribution in [3.8, 4) is 5.75 Å². The number of rotatable bonds is 7. The summed E-state index contributed by atoms with van der Waals surface area (Å²) in [5.74, 6) is 0.847. The van der Waals surface area contributed by atoms with Gasteiger partial charge < -0.3 is 15.4 Å². The average molecular weight is 397 g/mol. The number of hydrogen-bond acceptors (Lipinski definition) is 3. The molecule has 0 radical (unpaired) electrons. The molecule has 2 aromatic rings. The van der Waals surface area contributed by atoms with Gasteiger partial charge in [0.15, 0.2) is 0 Å². The Balaban J connectivity index is 1.29. The molecule has 1 heterocycles. The number of benzene rings is 1. The molecule has 156 valence electrons. The monoisotopic (exact) mass is 396 g/mol.